The fraction of sp³-hybridized carbons (Fsp3) is 0.250. The zero-order valence-corrected chi connectivity index (χ0v) is 8.00. The Morgan fingerprint density at radius 1 is 1.60 bits per heavy atom. The molecule has 0 amide bonds. The highest BCUT2D eigenvalue weighted by atomic mass is 35.5. The van der Waals surface area contributed by atoms with Crippen molar-refractivity contribution < 1.29 is 23.8 Å². The molecule has 1 aromatic heterocycles. The van der Waals surface area contributed by atoms with E-state index < -0.39 is 29.4 Å². The molecule has 15 heavy (non-hydrogen) atoms. The first-order valence-electron chi connectivity index (χ1n) is 3.77. The molecule has 1 aromatic rings. The van der Waals surface area contributed by atoms with E-state index in [9.17, 15) is 18.7 Å². The van der Waals surface area contributed by atoms with Crippen molar-refractivity contribution in [3.8, 4) is 5.75 Å². The van der Waals surface area contributed by atoms with Crippen molar-refractivity contribution in [2.45, 2.75) is 12.3 Å². The molecule has 0 bridgehead atoms. The van der Waals surface area contributed by atoms with Gasteiger partial charge in [-0.3, -0.25) is 0 Å². The summed E-state index contributed by atoms with van der Waals surface area (Å²) in [6.45, 7) is 0. The number of carboxylic acid groups (broad SMARTS) is 1. The molecule has 0 aliphatic heterocycles. The van der Waals surface area contributed by atoms with Crippen LogP contribution in [0.15, 0.2) is 6.07 Å². The average molecular weight is 238 g/mol. The standard InChI is InChI=1S/C8H6ClF2NO3/c9-2-5-6(13)3(7(10)11)1-4(12-5)8(14)15/h1,7,13H,2H2,(H,14,15). The molecule has 0 aliphatic rings. The molecule has 0 saturated carbocycles. The third-order valence-electron chi connectivity index (χ3n) is 1.68. The number of hydrogen-bond donors (Lipinski definition) is 2. The summed E-state index contributed by atoms with van der Waals surface area (Å²) in [5, 5.41) is 17.8. The van der Waals surface area contributed by atoms with Crippen LogP contribution in [0.1, 0.15) is 28.2 Å². The summed E-state index contributed by atoms with van der Waals surface area (Å²) in [7, 11) is 0. The second-order valence-corrected chi connectivity index (χ2v) is 2.90. The lowest BCUT2D eigenvalue weighted by atomic mass is 10.1. The van der Waals surface area contributed by atoms with E-state index in [1.165, 1.54) is 0 Å². The lowest BCUT2D eigenvalue weighted by molar-refractivity contribution is 0.0689. The van der Waals surface area contributed by atoms with Gasteiger partial charge < -0.3 is 10.2 Å². The monoisotopic (exact) mass is 237 g/mol. The maximum Gasteiger partial charge on any atom is 0.354 e. The van der Waals surface area contributed by atoms with Crippen LogP contribution >= 0.6 is 11.6 Å². The first-order valence-corrected chi connectivity index (χ1v) is 4.31. The van der Waals surface area contributed by atoms with Gasteiger partial charge in [0.1, 0.15) is 11.4 Å². The number of aromatic carboxylic acids is 1. The molecular formula is C8H6ClF2NO3. The summed E-state index contributed by atoms with van der Waals surface area (Å²) in [5.74, 6) is -2.56. The van der Waals surface area contributed by atoms with Crippen LogP contribution in [0.2, 0.25) is 0 Å². The molecule has 0 aromatic carbocycles. The van der Waals surface area contributed by atoms with Crippen LogP contribution in [-0.2, 0) is 5.88 Å². The predicted molar refractivity (Wildman–Crippen MR) is 47.4 cm³/mol. The summed E-state index contributed by atoms with van der Waals surface area (Å²) < 4.78 is 24.7. The minimum absolute atomic E-state index is 0.271. The van der Waals surface area contributed by atoms with Crippen molar-refractivity contribution in [3.63, 3.8) is 0 Å². The molecule has 4 nitrogen and oxygen atoms in total. The van der Waals surface area contributed by atoms with Crippen LogP contribution in [-0.4, -0.2) is 21.2 Å². The van der Waals surface area contributed by atoms with Crippen LogP contribution < -0.4 is 0 Å². The van der Waals surface area contributed by atoms with Gasteiger partial charge in [0.05, 0.1) is 17.1 Å². The third-order valence-corrected chi connectivity index (χ3v) is 1.93. The lowest BCUT2D eigenvalue weighted by Gasteiger charge is -2.07. The number of nitrogens with zero attached hydrogens (tertiary/aromatic N) is 1. The second-order valence-electron chi connectivity index (χ2n) is 2.63. The van der Waals surface area contributed by atoms with Gasteiger partial charge in [-0.05, 0) is 6.07 Å². The van der Waals surface area contributed by atoms with E-state index in [2.05, 4.69) is 4.98 Å². The van der Waals surface area contributed by atoms with Crippen molar-refractivity contribution in [3.05, 3.63) is 23.0 Å². The lowest BCUT2D eigenvalue weighted by Crippen LogP contribution is -2.05. The van der Waals surface area contributed by atoms with Gasteiger partial charge in [-0.15, -0.1) is 11.6 Å². The Balaban J connectivity index is 3.38. The molecule has 0 unspecified atom stereocenters. The van der Waals surface area contributed by atoms with Crippen LogP contribution in [0.25, 0.3) is 0 Å². The number of rotatable bonds is 3. The molecule has 1 rings (SSSR count). The highest BCUT2D eigenvalue weighted by Crippen LogP contribution is 2.31. The van der Waals surface area contributed by atoms with E-state index in [-0.39, 0.29) is 11.6 Å². The summed E-state index contributed by atoms with van der Waals surface area (Å²) in [4.78, 5) is 13.9. The highest BCUT2D eigenvalue weighted by molar-refractivity contribution is 6.17. The molecule has 0 fully saturated rings. The quantitative estimate of drug-likeness (QED) is 0.791. The molecule has 1 heterocycles. The Labute approximate surface area is 88.1 Å². The molecule has 7 heteroatoms. The van der Waals surface area contributed by atoms with Crippen LogP contribution in [0.5, 0.6) is 5.75 Å². The first-order chi connectivity index (χ1) is 6.97. The fourth-order valence-corrected chi connectivity index (χ4v) is 1.17. The number of halogens is 3. The van der Waals surface area contributed by atoms with Crippen molar-refractivity contribution in [1.82, 2.24) is 4.98 Å². The number of alkyl halides is 3. The van der Waals surface area contributed by atoms with Gasteiger partial charge in [-0.2, -0.15) is 0 Å². The SMILES string of the molecule is O=C(O)c1cc(C(F)F)c(O)c(CCl)n1. The number of hydrogen-bond acceptors (Lipinski definition) is 3. The van der Waals surface area contributed by atoms with E-state index in [0.717, 1.165) is 0 Å². The zero-order valence-electron chi connectivity index (χ0n) is 7.25. The Bertz CT molecular complexity index is 398. The Morgan fingerprint density at radius 2 is 2.20 bits per heavy atom. The maximum absolute atomic E-state index is 12.4. The molecular weight excluding hydrogens is 232 g/mol. The fourth-order valence-electron chi connectivity index (χ4n) is 0.982. The van der Waals surface area contributed by atoms with Crippen LogP contribution in [0.3, 0.4) is 0 Å². The maximum atomic E-state index is 12.4. The third kappa shape index (κ3) is 2.33. The van der Waals surface area contributed by atoms with Gasteiger partial charge in [-0.1, -0.05) is 0 Å². The van der Waals surface area contributed by atoms with Crippen molar-refractivity contribution in [2.24, 2.45) is 0 Å². The molecule has 82 valence electrons. The van der Waals surface area contributed by atoms with Crippen molar-refractivity contribution >= 4 is 17.6 Å². The molecule has 0 spiro atoms. The zero-order chi connectivity index (χ0) is 11.6. The number of aromatic nitrogens is 1. The Hall–Kier alpha value is -1.43. The summed E-state index contributed by atoms with van der Waals surface area (Å²) in [6.07, 6.45) is -2.98. The predicted octanol–water partition coefficient (Wildman–Crippen LogP) is 2.16. The molecule has 0 saturated heterocycles. The second kappa shape index (κ2) is 4.39. The van der Waals surface area contributed by atoms with Gasteiger partial charge in [0.2, 0.25) is 0 Å². The Kier molecular flexibility index (Phi) is 3.41. The van der Waals surface area contributed by atoms with Gasteiger partial charge in [0.25, 0.3) is 6.43 Å². The van der Waals surface area contributed by atoms with E-state index in [0.29, 0.717) is 6.07 Å². The van der Waals surface area contributed by atoms with E-state index in [1.54, 1.807) is 0 Å². The normalized spacial score (nSPS) is 10.7. The van der Waals surface area contributed by atoms with Gasteiger partial charge >= 0.3 is 5.97 Å². The number of aromatic hydroxyl groups is 1. The molecule has 0 aliphatic carbocycles. The number of pyridine rings is 1. The number of carboxylic acids is 1. The van der Waals surface area contributed by atoms with Crippen LogP contribution in [0, 0.1) is 0 Å². The smallest absolute Gasteiger partial charge is 0.354 e. The summed E-state index contributed by atoms with van der Waals surface area (Å²) >= 11 is 5.33. The van der Waals surface area contributed by atoms with Gasteiger partial charge in [-0.25, -0.2) is 18.6 Å². The summed E-state index contributed by atoms with van der Waals surface area (Å²) in [5.41, 5.74) is -1.62. The topological polar surface area (TPSA) is 70.4 Å². The highest BCUT2D eigenvalue weighted by Gasteiger charge is 2.20. The molecule has 0 atom stereocenters. The van der Waals surface area contributed by atoms with Gasteiger partial charge in [0, 0.05) is 0 Å². The Morgan fingerprint density at radius 3 is 2.60 bits per heavy atom. The minimum atomic E-state index is -2.98. The van der Waals surface area contributed by atoms with E-state index in [1.807, 2.05) is 0 Å². The van der Waals surface area contributed by atoms with Crippen molar-refractivity contribution in [2.75, 3.05) is 0 Å². The van der Waals surface area contributed by atoms with E-state index in [4.69, 9.17) is 16.7 Å². The largest absolute Gasteiger partial charge is 0.505 e. The average Bonchev–Trinajstić information content (AvgIpc) is 2.17. The number of carbonyl (C=O) groups is 1. The van der Waals surface area contributed by atoms with E-state index >= 15 is 0 Å². The first kappa shape index (κ1) is 11.6. The minimum Gasteiger partial charge on any atom is -0.505 e. The summed E-state index contributed by atoms with van der Waals surface area (Å²) in [6, 6.07) is 0.623. The molecule has 0 radical (unpaired) electrons. The molecule has 2 N–H and O–H groups in total. The van der Waals surface area contributed by atoms with Gasteiger partial charge in [0.15, 0.2) is 0 Å². The van der Waals surface area contributed by atoms with Crippen LogP contribution in [0.4, 0.5) is 8.78 Å². The van der Waals surface area contributed by atoms with Crippen molar-refractivity contribution in [1.29, 1.82) is 0 Å².